The van der Waals surface area contributed by atoms with E-state index in [1.165, 1.54) is 11.1 Å². The largest absolute Gasteiger partial charge is 0.252 e. The molecule has 0 heterocycles. The van der Waals surface area contributed by atoms with Crippen molar-refractivity contribution in [1.29, 1.82) is 0 Å². The standard InChI is InChI=1S/C18H20N2/c1-13-9-8-10-14(2)18(13)20-16(4)15(3)19-17-11-6-5-7-12-17/h5-12H,1-4H3. The molecular weight excluding hydrogens is 244 g/mol. The first-order chi connectivity index (χ1) is 9.58. The van der Waals surface area contributed by atoms with Crippen LogP contribution in [0.1, 0.15) is 25.0 Å². The molecule has 2 aromatic rings. The topological polar surface area (TPSA) is 24.7 Å². The minimum absolute atomic E-state index is 0.943. The van der Waals surface area contributed by atoms with Crippen LogP contribution in [0.3, 0.4) is 0 Å². The highest BCUT2D eigenvalue weighted by Gasteiger charge is 2.03. The molecule has 0 aliphatic rings. The third kappa shape index (κ3) is 3.41. The van der Waals surface area contributed by atoms with Gasteiger partial charge in [0.05, 0.1) is 22.8 Å². The predicted octanol–water partition coefficient (Wildman–Crippen LogP) is 5.19. The van der Waals surface area contributed by atoms with E-state index >= 15 is 0 Å². The van der Waals surface area contributed by atoms with Crippen molar-refractivity contribution in [2.24, 2.45) is 9.98 Å². The molecule has 0 radical (unpaired) electrons. The van der Waals surface area contributed by atoms with Crippen LogP contribution in [0.5, 0.6) is 0 Å². The molecule has 0 atom stereocenters. The number of hydrogen-bond donors (Lipinski definition) is 0. The van der Waals surface area contributed by atoms with Crippen LogP contribution in [0.25, 0.3) is 0 Å². The van der Waals surface area contributed by atoms with E-state index in [2.05, 4.69) is 37.0 Å². The summed E-state index contributed by atoms with van der Waals surface area (Å²) >= 11 is 0. The lowest BCUT2D eigenvalue weighted by molar-refractivity contribution is 1.32. The molecule has 2 heteroatoms. The fourth-order valence-electron chi connectivity index (χ4n) is 2.01. The van der Waals surface area contributed by atoms with Gasteiger partial charge in [0, 0.05) is 0 Å². The number of aliphatic imine (C=N–C) groups is 2. The Kier molecular flexibility index (Phi) is 4.46. The minimum atomic E-state index is 0.943. The average Bonchev–Trinajstić information content (AvgIpc) is 2.44. The fourth-order valence-corrected chi connectivity index (χ4v) is 2.01. The second kappa shape index (κ2) is 6.29. The quantitative estimate of drug-likeness (QED) is 0.682. The van der Waals surface area contributed by atoms with Crippen molar-refractivity contribution in [3.8, 4) is 0 Å². The molecule has 0 unspecified atom stereocenters. The number of benzene rings is 2. The van der Waals surface area contributed by atoms with Crippen LogP contribution in [0.15, 0.2) is 58.5 Å². The minimum Gasteiger partial charge on any atom is -0.252 e. The molecular formula is C18H20N2. The molecule has 0 bridgehead atoms. The maximum absolute atomic E-state index is 4.74. The molecule has 2 nitrogen and oxygen atoms in total. The highest BCUT2D eigenvalue weighted by Crippen LogP contribution is 2.23. The summed E-state index contributed by atoms with van der Waals surface area (Å²) in [6.45, 7) is 8.18. The van der Waals surface area contributed by atoms with Crippen molar-refractivity contribution in [2.45, 2.75) is 27.7 Å². The smallest absolute Gasteiger partial charge is 0.0691 e. The predicted molar refractivity (Wildman–Crippen MR) is 87.9 cm³/mol. The lowest BCUT2D eigenvalue weighted by atomic mass is 10.1. The SMILES string of the molecule is CC(=Nc1ccccc1)C(C)=Nc1c(C)cccc1C. The van der Waals surface area contributed by atoms with Crippen molar-refractivity contribution in [3.05, 3.63) is 59.7 Å². The normalized spacial score (nSPS) is 12.6. The average molecular weight is 264 g/mol. The summed E-state index contributed by atoms with van der Waals surface area (Å²) in [6.07, 6.45) is 0. The van der Waals surface area contributed by atoms with Crippen LogP contribution in [-0.4, -0.2) is 11.4 Å². The van der Waals surface area contributed by atoms with Gasteiger partial charge in [0.15, 0.2) is 0 Å². The van der Waals surface area contributed by atoms with E-state index < -0.39 is 0 Å². The first-order valence-corrected chi connectivity index (χ1v) is 6.80. The Labute approximate surface area is 120 Å². The van der Waals surface area contributed by atoms with Gasteiger partial charge in [-0.05, 0) is 51.0 Å². The highest BCUT2D eigenvalue weighted by molar-refractivity contribution is 6.41. The lowest BCUT2D eigenvalue weighted by Gasteiger charge is -2.06. The molecule has 0 aliphatic heterocycles. The Morgan fingerprint density at radius 1 is 0.700 bits per heavy atom. The van der Waals surface area contributed by atoms with Crippen molar-refractivity contribution in [3.63, 3.8) is 0 Å². The summed E-state index contributed by atoms with van der Waals surface area (Å²) in [4.78, 5) is 9.34. The van der Waals surface area contributed by atoms with Crippen LogP contribution >= 0.6 is 0 Å². The Morgan fingerprint density at radius 3 is 1.85 bits per heavy atom. The second-order valence-corrected chi connectivity index (χ2v) is 4.97. The van der Waals surface area contributed by atoms with Crippen LogP contribution in [0.4, 0.5) is 11.4 Å². The highest BCUT2D eigenvalue weighted by atomic mass is 14.8. The first kappa shape index (κ1) is 14.2. The van der Waals surface area contributed by atoms with Crippen LogP contribution in [0.2, 0.25) is 0 Å². The summed E-state index contributed by atoms with van der Waals surface area (Å²) in [5, 5.41) is 0. The van der Waals surface area contributed by atoms with Gasteiger partial charge in [-0.2, -0.15) is 0 Å². The molecule has 0 aliphatic carbocycles. The van der Waals surface area contributed by atoms with E-state index in [0.29, 0.717) is 0 Å². The Bertz CT molecular complexity index is 632. The first-order valence-electron chi connectivity index (χ1n) is 6.80. The van der Waals surface area contributed by atoms with Gasteiger partial charge in [-0.3, -0.25) is 9.98 Å². The zero-order valence-electron chi connectivity index (χ0n) is 12.5. The van der Waals surface area contributed by atoms with Gasteiger partial charge in [0.1, 0.15) is 0 Å². The van der Waals surface area contributed by atoms with Crippen molar-refractivity contribution in [1.82, 2.24) is 0 Å². The van der Waals surface area contributed by atoms with E-state index in [4.69, 9.17) is 4.99 Å². The molecule has 0 aromatic heterocycles. The summed E-state index contributed by atoms with van der Waals surface area (Å²) < 4.78 is 0. The van der Waals surface area contributed by atoms with Crippen molar-refractivity contribution >= 4 is 22.8 Å². The van der Waals surface area contributed by atoms with Crippen molar-refractivity contribution in [2.75, 3.05) is 0 Å². The van der Waals surface area contributed by atoms with Gasteiger partial charge in [0.2, 0.25) is 0 Å². The van der Waals surface area contributed by atoms with E-state index in [1.807, 2.05) is 44.2 Å². The molecule has 0 saturated carbocycles. The molecule has 0 fully saturated rings. The molecule has 2 aromatic carbocycles. The van der Waals surface area contributed by atoms with Gasteiger partial charge >= 0.3 is 0 Å². The fraction of sp³-hybridized carbons (Fsp3) is 0.222. The monoisotopic (exact) mass is 264 g/mol. The van der Waals surface area contributed by atoms with E-state index in [9.17, 15) is 0 Å². The number of nitrogens with zero attached hydrogens (tertiary/aromatic N) is 2. The molecule has 0 amide bonds. The molecule has 20 heavy (non-hydrogen) atoms. The Balaban J connectivity index is 2.33. The maximum Gasteiger partial charge on any atom is 0.0691 e. The van der Waals surface area contributed by atoms with E-state index in [1.54, 1.807) is 0 Å². The number of hydrogen-bond acceptors (Lipinski definition) is 2. The van der Waals surface area contributed by atoms with Gasteiger partial charge in [-0.15, -0.1) is 0 Å². The molecule has 2 rings (SSSR count). The molecule has 0 N–H and O–H groups in total. The van der Waals surface area contributed by atoms with Gasteiger partial charge < -0.3 is 0 Å². The van der Waals surface area contributed by atoms with Crippen LogP contribution in [0, 0.1) is 13.8 Å². The summed E-state index contributed by atoms with van der Waals surface area (Å²) in [7, 11) is 0. The van der Waals surface area contributed by atoms with Gasteiger partial charge in [-0.25, -0.2) is 0 Å². The second-order valence-electron chi connectivity index (χ2n) is 4.97. The summed E-state index contributed by atoms with van der Waals surface area (Å²) in [5.74, 6) is 0. The van der Waals surface area contributed by atoms with E-state index in [-0.39, 0.29) is 0 Å². The summed E-state index contributed by atoms with van der Waals surface area (Å²) in [6, 6.07) is 16.2. The van der Waals surface area contributed by atoms with Crippen LogP contribution in [-0.2, 0) is 0 Å². The lowest BCUT2D eigenvalue weighted by Crippen LogP contribution is -2.05. The van der Waals surface area contributed by atoms with Gasteiger partial charge in [0.25, 0.3) is 0 Å². The maximum atomic E-state index is 4.74. The third-order valence-corrected chi connectivity index (χ3v) is 3.30. The number of aryl methyl sites for hydroxylation is 2. The molecule has 0 spiro atoms. The molecule has 0 saturated heterocycles. The number of rotatable bonds is 3. The Hall–Kier alpha value is -2.22. The van der Waals surface area contributed by atoms with Crippen LogP contribution < -0.4 is 0 Å². The Morgan fingerprint density at radius 2 is 1.25 bits per heavy atom. The number of para-hydroxylation sites is 2. The molecule has 102 valence electrons. The van der Waals surface area contributed by atoms with E-state index in [0.717, 1.165) is 22.8 Å². The zero-order chi connectivity index (χ0) is 14.5. The van der Waals surface area contributed by atoms with Crippen molar-refractivity contribution < 1.29 is 0 Å². The summed E-state index contributed by atoms with van der Waals surface area (Å²) in [5.41, 5.74) is 6.28. The third-order valence-electron chi connectivity index (χ3n) is 3.30. The zero-order valence-corrected chi connectivity index (χ0v) is 12.5. The van der Waals surface area contributed by atoms with Gasteiger partial charge in [-0.1, -0.05) is 36.4 Å².